The van der Waals surface area contributed by atoms with Gasteiger partial charge in [-0.3, -0.25) is 4.79 Å². The third kappa shape index (κ3) is 4.69. The Morgan fingerprint density at radius 2 is 2.17 bits per heavy atom. The topological polar surface area (TPSA) is 110 Å². The highest BCUT2D eigenvalue weighted by molar-refractivity contribution is 7.89. The summed E-state index contributed by atoms with van der Waals surface area (Å²) in [5, 5.41) is -0.0253. The van der Waals surface area contributed by atoms with E-state index in [-0.39, 0.29) is 42.3 Å². The number of rotatable bonds is 6. The SMILES string of the molecule is Cc1nc(S(=O)(=O)NCCC(=O)N2CC(CN)CC2C)cn1C.Cl. The second kappa shape index (κ2) is 8.28. The van der Waals surface area contributed by atoms with E-state index in [1.807, 2.05) is 6.92 Å². The van der Waals surface area contributed by atoms with E-state index in [1.165, 1.54) is 6.20 Å². The van der Waals surface area contributed by atoms with Crippen molar-refractivity contribution >= 4 is 28.3 Å². The Morgan fingerprint density at radius 3 is 2.67 bits per heavy atom. The van der Waals surface area contributed by atoms with E-state index in [2.05, 4.69) is 9.71 Å². The number of sulfonamides is 1. The molecule has 0 aromatic carbocycles. The lowest BCUT2D eigenvalue weighted by Crippen LogP contribution is -2.37. The number of carbonyl (C=O) groups excluding carboxylic acids is 1. The molecule has 2 atom stereocenters. The van der Waals surface area contributed by atoms with E-state index >= 15 is 0 Å². The van der Waals surface area contributed by atoms with Gasteiger partial charge in [-0.05, 0) is 32.7 Å². The molecule has 24 heavy (non-hydrogen) atoms. The zero-order valence-electron chi connectivity index (χ0n) is 14.2. The highest BCUT2D eigenvalue weighted by atomic mass is 35.5. The van der Waals surface area contributed by atoms with Gasteiger partial charge in [0.25, 0.3) is 10.0 Å². The van der Waals surface area contributed by atoms with Crippen LogP contribution in [0, 0.1) is 12.8 Å². The van der Waals surface area contributed by atoms with Crippen molar-refractivity contribution in [1.29, 1.82) is 0 Å². The molecule has 1 aliphatic rings. The summed E-state index contributed by atoms with van der Waals surface area (Å²) in [4.78, 5) is 18.0. The zero-order valence-corrected chi connectivity index (χ0v) is 15.9. The summed E-state index contributed by atoms with van der Waals surface area (Å²) in [6.07, 6.45) is 2.49. The average molecular weight is 380 g/mol. The molecule has 1 aliphatic heterocycles. The van der Waals surface area contributed by atoms with Gasteiger partial charge in [0.15, 0.2) is 5.03 Å². The summed E-state index contributed by atoms with van der Waals surface area (Å²) in [6, 6.07) is 0.158. The molecule has 1 aromatic rings. The first-order valence-corrected chi connectivity index (χ1v) is 9.22. The number of aryl methyl sites for hydroxylation is 2. The third-order valence-electron chi connectivity index (χ3n) is 4.31. The maximum Gasteiger partial charge on any atom is 0.259 e. The number of halogens is 1. The number of nitrogens with one attached hydrogen (secondary N) is 1. The van der Waals surface area contributed by atoms with Gasteiger partial charge >= 0.3 is 0 Å². The van der Waals surface area contributed by atoms with Gasteiger partial charge in [-0.1, -0.05) is 0 Å². The zero-order chi connectivity index (χ0) is 17.2. The predicted molar refractivity (Wildman–Crippen MR) is 93.3 cm³/mol. The minimum atomic E-state index is -3.68. The van der Waals surface area contributed by atoms with Gasteiger partial charge in [0, 0.05) is 38.8 Å². The summed E-state index contributed by atoms with van der Waals surface area (Å²) >= 11 is 0. The normalized spacial score (nSPS) is 20.9. The smallest absolute Gasteiger partial charge is 0.259 e. The maximum atomic E-state index is 12.2. The van der Waals surface area contributed by atoms with Crippen LogP contribution in [-0.2, 0) is 21.9 Å². The van der Waals surface area contributed by atoms with Gasteiger partial charge < -0.3 is 15.2 Å². The minimum Gasteiger partial charge on any atom is -0.340 e. The summed E-state index contributed by atoms with van der Waals surface area (Å²) in [5.74, 6) is 0.899. The van der Waals surface area contributed by atoms with Gasteiger partial charge in [0.05, 0.1) is 0 Å². The maximum absolute atomic E-state index is 12.2. The molecule has 138 valence electrons. The number of aromatic nitrogens is 2. The lowest BCUT2D eigenvalue weighted by molar-refractivity contribution is -0.131. The average Bonchev–Trinajstić information content (AvgIpc) is 3.02. The number of amides is 1. The molecule has 1 fully saturated rings. The number of likely N-dealkylation sites (tertiary alicyclic amines) is 1. The van der Waals surface area contributed by atoms with Crippen LogP contribution in [0.4, 0.5) is 0 Å². The first kappa shape index (κ1) is 20.9. The van der Waals surface area contributed by atoms with Crippen molar-refractivity contribution in [1.82, 2.24) is 19.2 Å². The predicted octanol–water partition coefficient (Wildman–Crippen LogP) is 0.0144. The van der Waals surface area contributed by atoms with Crippen LogP contribution in [0.1, 0.15) is 25.6 Å². The number of hydrogen-bond acceptors (Lipinski definition) is 5. The number of hydrogen-bond donors (Lipinski definition) is 2. The third-order valence-corrected chi connectivity index (χ3v) is 5.64. The minimum absolute atomic E-state index is 0. The van der Waals surface area contributed by atoms with Crippen molar-refractivity contribution in [2.24, 2.45) is 18.7 Å². The molecule has 0 spiro atoms. The fourth-order valence-corrected chi connectivity index (χ4v) is 3.89. The van der Waals surface area contributed by atoms with Crippen molar-refractivity contribution in [3.8, 4) is 0 Å². The summed E-state index contributed by atoms with van der Waals surface area (Å²) < 4.78 is 28.3. The van der Waals surface area contributed by atoms with E-state index in [0.29, 0.717) is 24.8 Å². The van der Waals surface area contributed by atoms with Crippen molar-refractivity contribution in [3.05, 3.63) is 12.0 Å². The molecule has 2 heterocycles. The molecule has 2 unspecified atom stereocenters. The molecule has 2 rings (SSSR count). The number of nitrogens with zero attached hydrogens (tertiary/aromatic N) is 3. The lowest BCUT2D eigenvalue weighted by Gasteiger charge is -2.21. The van der Waals surface area contributed by atoms with Crippen molar-refractivity contribution in [2.75, 3.05) is 19.6 Å². The van der Waals surface area contributed by atoms with Crippen LogP contribution >= 0.6 is 12.4 Å². The molecular weight excluding hydrogens is 354 g/mol. The summed E-state index contributed by atoms with van der Waals surface area (Å²) in [7, 11) is -1.95. The van der Waals surface area contributed by atoms with Crippen LogP contribution in [0.25, 0.3) is 0 Å². The van der Waals surface area contributed by atoms with E-state index < -0.39 is 10.0 Å². The molecule has 8 nitrogen and oxygen atoms in total. The molecule has 0 saturated carbocycles. The van der Waals surface area contributed by atoms with E-state index in [4.69, 9.17) is 5.73 Å². The summed E-state index contributed by atoms with van der Waals surface area (Å²) in [5.41, 5.74) is 5.66. The molecule has 10 heteroatoms. The fraction of sp³-hybridized carbons (Fsp3) is 0.714. The Kier molecular flexibility index (Phi) is 7.21. The van der Waals surface area contributed by atoms with Gasteiger partial charge in [-0.15, -0.1) is 12.4 Å². The monoisotopic (exact) mass is 379 g/mol. The number of imidazole rings is 1. The number of carbonyl (C=O) groups is 1. The second-order valence-corrected chi connectivity index (χ2v) is 7.83. The van der Waals surface area contributed by atoms with Crippen LogP contribution in [0.3, 0.4) is 0 Å². The standard InChI is InChI=1S/C14H25N5O3S.ClH/c1-10-6-12(7-15)8-19(10)14(20)4-5-16-23(21,22)13-9-18(3)11(2)17-13;/h9-10,12,16H,4-8,15H2,1-3H3;1H. The Balaban J connectivity index is 0.00000288. The molecule has 1 amide bonds. The quantitative estimate of drug-likeness (QED) is 0.723. The molecule has 3 N–H and O–H groups in total. The Labute approximate surface area is 149 Å². The fourth-order valence-electron chi connectivity index (χ4n) is 2.83. The van der Waals surface area contributed by atoms with Crippen molar-refractivity contribution in [3.63, 3.8) is 0 Å². The summed E-state index contributed by atoms with van der Waals surface area (Å²) in [6.45, 7) is 5.01. The van der Waals surface area contributed by atoms with Crippen LogP contribution in [0.15, 0.2) is 11.2 Å². The van der Waals surface area contributed by atoms with E-state index in [0.717, 1.165) is 6.42 Å². The second-order valence-electron chi connectivity index (χ2n) is 6.12. The van der Waals surface area contributed by atoms with Gasteiger partial charge in [0.2, 0.25) is 5.91 Å². The Hall–Kier alpha value is -1.16. The van der Waals surface area contributed by atoms with Crippen molar-refractivity contribution < 1.29 is 13.2 Å². The molecule has 1 saturated heterocycles. The highest BCUT2D eigenvalue weighted by Crippen LogP contribution is 2.22. The van der Waals surface area contributed by atoms with Crippen LogP contribution < -0.4 is 10.5 Å². The number of nitrogens with two attached hydrogens (primary N) is 1. The van der Waals surface area contributed by atoms with Gasteiger partial charge in [-0.2, -0.15) is 0 Å². The van der Waals surface area contributed by atoms with Crippen LogP contribution in [-0.4, -0.2) is 54.5 Å². The Bertz CT molecular complexity index is 656. The largest absolute Gasteiger partial charge is 0.340 e. The Morgan fingerprint density at radius 1 is 1.50 bits per heavy atom. The van der Waals surface area contributed by atoms with Crippen molar-refractivity contribution in [2.45, 2.75) is 37.8 Å². The molecule has 0 radical (unpaired) electrons. The molecule has 1 aromatic heterocycles. The van der Waals surface area contributed by atoms with E-state index in [9.17, 15) is 13.2 Å². The molecular formula is C14H26ClN5O3S. The first-order valence-electron chi connectivity index (χ1n) is 7.73. The highest BCUT2D eigenvalue weighted by Gasteiger charge is 2.31. The van der Waals surface area contributed by atoms with Gasteiger partial charge in [-0.25, -0.2) is 18.1 Å². The molecule has 0 aliphatic carbocycles. The van der Waals surface area contributed by atoms with Crippen LogP contribution in [0.2, 0.25) is 0 Å². The first-order chi connectivity index (χ1) is 10.7. The van der Waals surface area contributed by atoms with Gasteiger partial charge in [0.1, 0.15) is 5.82 Å². The van der Waals surface area contributed by atoms with Crippen LogP contribution in [0.5, 0.6) is 0 Å². The van der Waals surface area contributed by atoms with E-state index in [1.54, 1.807) is 23.4 Å². The molecule has 0 bridgehead atoms. The lowest BCUT2D eigenvalue weighted by atomic mass is 10.1.